The number of halogens is 1. The molecule has 20 heavy (non-hydrogen) atoms. The molecule has 0 atom stereocenters. The summed E-state index contributed by atoms with van der Waals surface area (Å²) in [7, 11) is 0. The highest BCUT2D eigenvalue weighted by Gasteiger charge is 2.22. The van der Waals surface area contributed by atoms with Crippen molar-refractivity contribution in [2.45, 2.75) is 17.9 Å². The number of amides is 1. The van der Waals surface area contributed by atoms with Crippen LogP contribution < -0.4 is 0 Å². The van der Waals surface area contributed by atoms with Crippen LogP contribution >= 0.6 is 28.6 Å². The summed E-state index contributed by atoms with van der Waals surface area (Å²) in [6.45, 7) is 1.44. The third-order valence-electron chi connectivity index (χ3n) is 3.61. The lowest BCUT2D eigenvalue weighted by atomic mass is 9.99. The van der Waals surface area contributed by atoms with Crippen molar-refractivity contribution in [1.82, 2.24) is 4.90 Å². The van der Waals surface area contributed by atoms with E-state index in [0.29, 0.717) is 17.0 Å². The molecule has 2 aromatic rings. The topological polar surface area (TPSA) is 20.3 Å². The van der Waals surface area contributed by atoms with Crippen LogP contribution in [0.25, 0.3) is 0 Å². The van der Waals surface area contributed by atoms with Gasteiger partial charge in [0.05, 0.1) is 5.56 Å². The predicted octanol–water partition coefficient (Wildman–Crippen LogP) is 3.94. The Morgan fingerprint density at radius 3 is 2.65 bits per heavy atom. The van der Waals surface area contributed by atoms with Gasteiger partial charge < -0.3 is 4.90 Å². The average Bonchev–Trinajstić information content (AvgIpc) is 2.46. The second-order valence-electron chi connectivity index (χ2n) is 4.91. The van der Waals surface area contributed by atoms with Crippen molar-refractivity contribution in [2.24, 2.45) is 0 Å². The molecule has 0 aromatic heterocycles. The molecule has 0 aliphatic carbocycles. The van der Waals surface area contributed by atoms with Crippen LogP contribution in [0, 0.1) is 0 Å². The molecule has 1 aliphatic heterocycles. The van der Waals surface area contributed by atoms with Crippen molar-refractivity contribution < 1.29 is 4.79 Å². The molecule has 1 heterocycles. The molecule has 0 radical (unpaired) electrons. The summed E-state index contributed by atoms with van der Waals surface area (Å²) in [5, 5.41) is 0. The Morgan fingerprint density at radius 2 is 1.90 bits per heavy atom. The zero-order valence-electron chi connectivity index (χ0n) is 10.8. The number of hydrogen-bond acceptors (Lipinski definition) is 2. The van der Waals surface area contributed by atoms with Crippen LogP contribution in [0.5, 0.6) is 0 Å². The molecule has 102 valence electrons. The van der Waals surface area contributed by atoms with Crippen molar-refractivity contribution in [3.05, 3.63) is 63.6 Å². The van der Waals surface area contributed by atoms with Gasteiger partial charge in [-0.05, 0) is 35.7 Å². The van der Waals surface area contributed by atoms with Gasteiger partial charge in [-0.1, -0.05) is 40.2 Å². The molecule has 0 saturated carbocycles. The number of thiol groups is 1. The first kappa shape index (κ1) is 13.7. The third kappa shape index (κ3) is 2.63. The molecule has 0 unspecified atom stereocenters. The third-order valence-corrected chi connectivity index (χ3v) is 4.47. The maximum absolute atomic E-state index is 12.6. The van der Waals surface area contributed by atoms with Gasteiger partial charge in [-0.25, -0.2) is 0 Å². The average molecular weight is 348 g/mol. The molecule has 4 heteroatoms. The van der Waals surface area contributed by atoms with Crippen LogP contribution in [0.15, 0.2) is 51.8 Å². The second-order valence-corrected chi connectivity index (χ2v) is 6.30. The second kappa shape index (κ2) is 5.62. The zero-order chi connectivity index (χ0) is 14.1. The van der Waals surface area contributed by atoms with Gasteiger partial charge in [-0.3, -0.25) is 4.79 Å². The number of benzene rings is 2. The molecule has 0 spiro atoms. The van der Waals surface area contributed by atoms with E-state index in [2.05, 4.69) is 46.8 Å². The Kier molecular flexibility index (Phi) is 3.85. The van der Waals surface area contributed by atoms with Gasteiger partial charge in [0.1, 0.15) is 0 Å². The first-order valence-electron chi connectivity index (χ1n) is 6.50. The quantitative estimate of drug-likeness (QED) is 0.774. The van der Waals surface area contributed by atoms with E-state index in [4.69, 9.17) is 0 Å². The summed E-state index contributed by atoms with van der Waals surface area (Å²) in [6, 6.07) is 13.9. The van der Waals surface area contributed by atoms with Crippen molar-refractivity contribution in [1.29, 1.82) is 0 Å². The number of carbonyl (C=O) groups is 1. The summed E-state index contributed by atoms with van der Waals surface area (Å²) < 4.78 is 0.933. The lowest BCUT2D eigenvalue weighted by molar-refractivity contribution is 0.0731. The Labute approximate surface area is 132 Å². The van der Waals surface area contributed by atoms with Gasteiger partial charge in [0, 0.05) is 22.5 Å². The van der Waals surface area contributed by atoms with Gasteiger partial charge in [-0.15, -0.1) is 12.6 Å². The van der Waals surface area contributed by atoms with Crippen molar-refractivity contribution >= 4 is 34.5 Å². The molecule has 0 N–H and O–H groups in total. The summed E-state index contributed by atoms with van der Waals surface area (Å²) >= 11 is 7.79. The normalized spacial score (nSPS) is 14.0. The minimum absolute atomic E-state index is 0.0528. The fourth-order valence-corrected chi connectivity index (χ4v) is 3.37. The highest BCUT2D eigenvalue weighted by atomic mass is 79.9. The standard InChI is InChI=1S/C16H14BrNOS/c17-13-5-6-14(15(20)9-13)16(19)18-8-7-11-3-1-2-4-12(11)10-18/h1-6,9,20H,7-8,10H2. The van der Waals surface area contributed by atoms with Gasteiger partial charge in [-0.2, -0.15) is 0 Å². The SMILES string of the molecule is O=C(c1ccc(Br)cc1S)N1CCc2ccccc2C1. The van der Waals surface area contributed by atoms with Gasteiger partial charge in [0.15, 0.2) is 0 Å². The lowest BCUT2D eigenvalue weighted by Gasteiger charge is -2.29. The first-order chi connectivity index (χ1) is 9.65. The summed E-state index contributed by atoms with van der Waals surface area (Å²) in [5.74, 6) is 0.0528. The van der Waals surface area contributed by atoms with E-state index >= 15 is 0 Å². The minimum Gasteiger partial charge on any atom is -0.334 e. The van der Waals surface area contributed by atoms with Gasteiger partial charge in [0.2, 0.25) is 0 Å². The lowest BCUT2D eigenvalue weighted by Crippen LogP contribution is -2.36. The van der Waals surface area contributed by atoms with Gasteiger partial charge in [0.25, 0.3) is 5.91 Å². The largest absolute Gasteiger partial charge is 0.334 e. The molecule has 0 fully saturated rings. The Bertz CT molecular complexity index is 671. The number of nitrogens with zero attached hydrogens (tertiary/aromatic N) is 1. The fourth-order valence-electron chi connectivity index (χ4n) is 2.53. The monoisotopic (exact) mass is 347 g/mol. The Morgan fingerprint density at radius 1 is 1.15 bits per heavy atom. The Hall–Kier alpha value is -1.26. The zero-order valence-corrected chi connectivity index (χ0v) is 13.3. The molecule has 2 nitrogen and oxygen atoms in total. The van der Waals surface area contributed by atoms with Crippen LogP contribution in [0.3, 0.4) is 0 Å². The van der Waals surface area contributed by atoms with Crippen LogP contribution in [0.1, 0.15) is 21.5 Å². The molecule has 3 rings (SSSR count). The predicted molar refractivity (Wildman–Crippen MR) is 86.3 cm³/mol. The smallest absolute Gasteiger partial charge is 0.255 e. The summed E-state index contributed by atoms with van der Waals surface area (Å²) in [6.07, 6.45) is 0.917. The van der Waals surface area contributed by atoms with Gasteiger partial charge >= 0.3 is 0 Å². The molecule has 0 saturated heterocycles. The number of hydrogen-bond donors (Lipinski definition) is 1. The van der Waals surface area contributed by atoms with Crippen LogP contribution in [0.4, 0.5) is 0 Å². The van der Waals surface area contributed by atoms with E-state index in [0.717, 1.165) is 17.4 Å². The van der Waals surface area contributed by atoms with Crippen molar-refractivity contribution in [2.75, 3.05) is 6.54 Å². The fraction of sp³-hybridized carbons (Fsp3) is 0.188. The maximum Gasteiger partial charge on any atom is 0.255 e. The highest BCUT2D eigenvalue weighted by molar-refractivity contribution is 9.10. The molecule has 0 bridgehead atoms. The summed E-state index contributed by atoms with van der Waals surface area (Å²) in [5.41, 5.74) is 3.25. The molecular weight excluding hydrogens is 334 g/mol. The minimum atomic E-state index is 0.0528. The molecule has 1 aliphatic rings. The Balaban J connectivity index is 1.86. The van der Waals surface area contributed by atoms with Crippen LogP contribution in [-0.2, 0) is 13.0 Å². The maximum atomic E-state index is 12.6. The van der Waals surface area contributed by atoms with E-state index < -0.39 is 0 Å². The van der Waals surface area contributed by atoms with E-state index in [-0.39, 0.29) is 5.91 Å². The van der Waals surface area contributed by atoms with Crippen LogP contribution in [0.2, 0.25) is 0 Å². The van der Waals surface area contributed by atoms with Crippen molar-refractivity contribution in [3.8, 4) is 0 Å². The molecule has 1 amide bonds. The van der Waals surface area contributed by atoms with Crippen LogP contribution in [-0.4, -0.2) is 17.4 Å². The van der Waals surface area contributed by atoms with Crippen molar-refractivity contribution in [3.63, 3.8) is 0 Å². The first-order valence-corrected chi connectivity index (χ1v) is 7.74. The van der Waals surface area contributed by atoms with E-state index in [9.17, 15) is 4.79 Å². The summed E-state index contributed by atoms with van der Waals surface area (Å²) in [4.78, 5) is 15.2. The highest BCUT2D eigenvalue weighted by Crippen LogP contribution is 2.24. The number of rotatable bonds is 1. The van der Waals surface area contributed by atoms with E-state index in [1.54, 1.807) is 0 Å². The number of carbonyl (C=O) groups excluding carboxylic acids is 1. The molecule has 2 aromatic carbocycles. The number of fused-ring (bicyclic) bond motifs is 1. The molecular formula is C16H14BrNOS. The van der Waals surface area contributed by atoms with E-state index in [1.807, 2.05) is 29.2 Å². The van der Waals surface area contributed by atoms with E-state index in [1.165, 1.54) is 11.1 Å².